The number of hydrogen-bond donors (Lipinski definition) is 0. The van der Waals surface area contributed by atoms with Crippen LogP contribution in [-0.4, -0.2) is 11.8 Å². The minimum atomic E-state index is -0.627. The van der Waals surface area contributed by atoms with Gasteiger partial charge in [-0.3, -0.25) is 4.79 Å². The van der Waals surface area contributed by atoms with Gasteiger partial charge in [0.1, 0.15) is 46.6 Å². The number of aryl methyl sites for hydroxylation is 1. The van der Waals surface area contributed by atoms with E-state index >= 15 is 0 Å². The molecule has 7 heteroatoms. The molecule has 6 rings (SSSR count). The van der Waals surface area contributed by atoms with Crippen molar-refractivity contribution in [2.45, 2.75) is 13.5 Å². The van der Waals surface area contributed by atoms with Crippen molar-refractivity contribution in [3.8, 4) is 17.2 Å². The number of ketones is 1. The van der Waals surface area contributed by atoms with Gasteiger partial charge >= 0.3 is 5.97 Å². The highest BCUT2D eigenvalue weighted by Crippen LogP contribution is 2.36. The molecule has 0 radical (unpaired) electrons. The summed E-state index contributed by atoms with van der Waals surface area (Å²) in [5.41, 5.74) is 2.34. The van der Waals surface area contributed by atoms with Crippen molar-refractivity contribution < 1.29 is 32.6 Å². The first kappa shape index (κ1) is 24.2. The van der Waals surface area contributed by atoms with Gasteiger partial charge < -0.3 is 18.6 Å². The number of hydrogen-bond acceptors (Lipinski definition) is 6. The predicted octanol–water partition coefficient (Wildman–Crippen LogP) is 7.29. The molecule has 1 aromatic heterocycles. The molecule has 0 saturated carbocycles. The van der Waals surface area contributed by atoms with Gasteiger partial charge in [0.15, 0.2) is 5.76 Å². The van der Waals surface area contributed by atoms with Crippen molar-refractivity contribution in [3.63, 3.8) is 0 Å². The number of allylic oxidation sites excluding steroid dienone is 1. The summed E-state index contributed by atoms with van der Waals surface area (Å²) in [6, 6.07) is 25.6. The normalized spacial score (nSPS) is 13.4. The zero-order valence-corrected chi connectivity index (χ0v) is 20.8. The van der Waals surface area contributed by atoms with Crippen LogP contribution < -0.4 is 14.2 Å². The van der Waals surface area contributed by atoms with Crippen molar-refractivity contribution in [1.82, 2.24) is 0 Å². The molecule has 1 aliphatic heterocycles. The molecule has 6 nitrogen and oxygen atoms in total. The van der Waals surface area contributed by atoms with Gasteiger partial charge in [0, 0.05) is 17.0 Å². The quantitative estimate of drug-likeness (QED) is 0.133. The fraction of sp³-hybridized carbons (Fsp3) is 0.0625. The van der Waals surface area contributed by atoms with Crippen LogP contribution in [0.2, 0.25) is 0 Å². The molecule has 0 bridgehead atoms. The monoisotopic (exact) mass is 520 g/mol. The molecule has 4 aromatic carbocycles. The van der Waals surface area contributed by atoms with Gasteiger partial charge in [-0.05, 0) is 55.0 Å². The van der Waals surface area contributed by atoms with Crippen molar-refractivity contribution in [2.24, 2.45) is 0 Å². The number of esters is 1. The van der Waals surface area contributed by atoms with Crippen molar-refractivity contribution in [3.05, 3.63) is 131 Å². The maximum absolute atomic E-state index is 14.0. The van der Waals surface area contributed by atoms with E-state index in [0.717, 1.165) is 5.56 Å². The lowest BCUT2D eigenvalue weighted by Gasteiger charge is -2.07. The van der Waals surface area contributed by atoms with Crippen LogP contribution >= 0.6 is 0 Å². The summed E-state index contributed by atoms with van der Waals surface area (Å²) in [6.45, 7) is 2.06. The number of Topliss-reactive ketones (excluding diaryl/α,β-unsaturated/α-hetero) is 1. The lowest BCUT2D eigenvalue weighted by atomic mass is 10.1. The minimum Gasteiger partial charge on any atom is -0.489 e. The first-order valence-electron chi connectivity index (χ1n) is 12.2. The summed E-state index contributed by atoms with van der Waals surface area (Å²) in [5.74, 6) is -0.106. The Labute approximate surface area is 222 Å². The minimum absolute atomic E-state index is 0.0155. The molecule has 2 heterocycles. The zero-order chi connectivity index (χ0) is 26.9. The van der Waals surface area contributed by atoms with Crippen LogP contribution in [0, 0.1) is 12.7 Å². The molecule has 0 fully saturated rings. The summed E-state index contributed by atoms with van der Waals surface area (Å²) in [6.07, 6.45) is 1.35. The molecule has 0 atom stereocenters. The van der Waals surface area contributed by atoms with E-state index in [-0.39, 0.29) is 34.2 Å². The van der Waals surface area contributed by atoms with Gasteiger partial charge in [-0.1, -0.05) is 48.5 Å². The number of fused-ring (bicyclic) bond motifs is 2. The molecule has 0 amide bonds. The first-order valence-corrected chi connectivity index (χ1v) is 12.2. The fourth-order valence-electron chi connectivity index (χ4n) is 4.41. The number of ether oxygens (including phenoxy) is 3. The average molecular weight is 521 g/mol. The zero-order valence-electron chi connectivity index (χ0n) is 20.8. The van der Waals surface area contributed by atoms with E-state index in [4.69, 9.17) is 18.6 Å². The van der Waals surface area contributed by atoms with Gasteiger partial charge in [0.25, 0.3) is 0 Å². The van der Waals surface area contributed by atoms with E-state index in [9.17, 15) is 14.0 Å². The van der Waals surface area contributed by atoms with Crippen molar-refractivity contribution in [1.29, 1.82) is 0 Å². The number of halogens is 1. The maximum Gasteiger partial charge on any atom is 0.347 e. The van der Waals surface area contributed by atoms with Crippen LogP contribution in [0.3, 0.4) is 0 Å². The van der Waals surface area contributed by atoms with E-state index in [1.54, 1.807) is 43.3 Å². The van der Waals surface area contributed by atoms with Gasteiger partial charge in [0.2, 0.25) is 5.78 Å². The summed E-state index contributed by atoms with van der Waals surface area (Å²) in [4.78, 5) is 26.0. The van der Waals surface area contributed by atoms with Crippen molar-refractivity contribution >= 4 is 28.8 Å². The predicted molar refractivity (Wildman–Crippen MR) is 142 cm³/mol. The third-order valence-corrected chi connectivity index (χ3v) is 6.33. The lowest BCUT2D eigenvalue weighted by molar-refractivity contribution is 0.0734. The van der Waals surface area contributed by atoms with E-state index in [2.05, 4.69) is 0 Å². The van der Waals surface area contributed by atoms with E-state index < -0.39 is 11.8 Å². The third kappa shape index (κ3) is 4.78. The molecular weight excluding hydrogens is 499 g/mol. The molecule has 0 aliphatic carbocycles. The summed E-state index contributed by atoms with van der Waals surface area (Å²) >= 11 is 0. The third-order valence-electron chi connectivity index (χ3n) is 6.33. The van der Waals surface area contributed by atoms with Crippen LogP contribution in [0.4, 0.5) is 4.39 Å². The Kier molecular flexibility index (Phi) is 6.17. The summed E-state index contributed by atoms with van der Waals surface area (Å²) in [5, 5.41) is 0.561. The highest BCUT2D eigenvalue weighted by atomic mass is 19.1. The molecule has 1 aliphatic rings. The van der Waals surface area contributed by atoms with Gasteiger partial charge in [-0.2, -0.15) is 0 Å². The molecule has 39 heavy (non-hydrogen) atoms. The molecular formula is C32H21FO6. The van der Waals surface area contributed by atoms with Gasteiger partial charge in [-0.15, -0.1) is 0 Å². The van der Waals surface area contributed by atoms with Gasteiger partial charge in [0.05, 0.1) is 5.56 Å². The second kappa shape index (κ2) is 9.95. The molecule has 0 unspecified atom stereocenters. The standard InChI is InChI=1S/C32H21FO6/c1-19-30(25-16-22(12-14-27(25)37-19)36-18-20-7-3-2-4-8-20)32(35)38-23-11-13-24-28(17-23)39-29(31(24)34)15-21-9-5-6-10-26(21)33/h2-17H,18H2,1H3/b29-15-. The first-order chi connectivity index (χ1) is 19.0. The Morgan fingerprint density at radius 1 is 0.923 bits per heavy atom. The van der Waals surface area contributed by atoms with Crippen LogP contribution in [0.1, 0.15) is 37.6 Å². The Balaban J connectivity index is 1.22. The molecule has 0 spiro atoms. The average Bonchev–Trinajstić information content (AvgIpc) is 3.43. The maximum atomic E-state index is 14.0. The Morgan fingerprint density at radius 3 is 2.51 bits per heavy atom. The van der Waals surface area contributed by atoms with E-state index in [1.165, 1.54) is 30.3 Å². The largest absolute Gasteiger partial charge is 0.489 e. The second-order valence-electron chi connectivity index (χ2n) is 8.97. The van der Waals surface area contributed by atoms with Crippen LogP contribution in [0.25, 0.3) is 17.0 Å². The van der Waals surface area contributed by atoms with Crippen LogP contribution in [0.5, 0.6) is 17.2 Å². The number of carbonyl (C=O) groups excluding carboxylic acids is 2. The Morgan fingerprint density at radius 2 is 1.69 bits per heavy atom. The van der Waals surface area contributed by atoms with Crippen LogP contribution in [0.15, 0.2) is 101 Å². The number of benzene rings is 4. The van der Waals surface area contributed by atoms with E-state index in [0.29, 0.717) is 34.6 Å². The molecule has 192 valence electrons. The van der Waals surface area contributed by atoms with E-state index in [1.807, 2.05) is 30.3 Å². The number of rotatable bonds is 6. The topological polar surface area (TPSA) is 75.0 Å². The van der Waals surface area contributed by atoms with Crippen LogP contribution in [-0.2, 0) is 6.61 Å². The SMILES string of the molecule is Cc1oc2ccc(OCc3ccccc3)cc2c1C(=O)Oc1ccc2c(c1)O/C(=C\c1ccccc1F)C2=O. The Hall–Kier alpha value is -5.17. The smallest absolute Gasteiger partial charge is 0.347 e. The number of carbonyl (C=O) groups is 2. The molecule has 0 N–H and O–H groups in total. The summed E-state index contributed by atoms with van der Waals surface area (Å²) in [7, 11) is 0. The molecule has 0 saturated heterocycles. The summed E-state index contributed by atoms with van der Waals surface area (Å²) < 4.78 is 37.1. The lowest BCUT2D eigenvalue weighted by Crippen LogP contribution is -2.09. The van der Waals surface area contributed by atoms with Gasteiger partial charge in [-0.25, -0.2) is 9.18 Å². The number of furan rings is 1. The second-order valence-corrected chi connectivity index (χ2v) is 8.97. The Bertz CT molecular complexity index is 1770. The highest BCUT2D eigenvalue weighted by molar-refractivity contribution is 6.14. The highest BCUT2D eigenvalue weighted by Gasteiger charge is 2.29. The molecule has 5 aromatic rings. The van der Waals surface area contributed by atoms with Crippen molar-refractivity contribution in [2.75, 3.05) is 0 Å². The fourth-order valence-corrected chi connectivity index (χ4v) is 4.41.